The lowest BCUT2D eigenvalue weighted by Crippen LogP contribution is -2.30. The van der Waals surface area contributed by atoms with Gasteiger partial charge in [-0.25, -0.2) is 4.39 Å². The fourth-order valence-electron chi connectivity index (χ4n) is 5.75. The van der Waals surface area contributed by atoms with Crippen LogP contribution >= 0.6 is 11.6 Å². The summed E-state index contributed by atoms with van der Waals surface area (Å²) in [7, 11) is 0. The van der Waals surface area contributed by atoms with Gasteiger partial charge in [0, 0.05) is 0 Å². The molecule has 146 valence electrons. The van der Waals surface area contributed by atoms with Crippen molar-refractivity contribution in [2.45, 2.75) is 77.0 Å². The molecule has 0 aromatic heterocycles. The summed E-state index contributed by atoms with van der Waals surface area (Å²) in [4.78, 5) is 0. The molecule has 2 aliphatic rings. The van der Waals surface area contributed by atoms with Crippen molar-refractivity contribution < 1.29 is 4.39 Å². The van der Waals surface area contributed by atoms with Gasteiger partial charge in [0.25, 0.3) is 0 Å². The van der Waals surface area contributed by atoms with E-state index in [0.29, 0.717) is 5.92 Å². The van der Waals surface area contributed by atoms with E-state index < -0.39 is 0 Å². The summed E-state index contributed by atoms with van der Waals surface area (Å²) in [5, 5.41) is 2.23. The molecule has 0 spiro atoms. The van der Waals surface area contributed by atoms with Gasteiger partial charge in [-0.3, -0.25) is 0 Å². The van der Waals surface area contributed by atoms with Gasteiger partial charge in [-0.15, -0.1) is 0 Å². The SMILES string of the molecule is CCCCC[C@@H]1CC[C@@H]2CC(c3ccc4cc(Cl)c(F)cc4c3)CCC2C1. The number of hydrogen-bond acceptors (Lipinski definition) is 0. The molecule has 2 aliphatic carbocycles. The van der Waals surface area contributed by atoms with E-state index in [0.717, 1.165) is 28.5 Å². The van der Waals surface area contributed by atoms with E-state index in [1.807, 2.05) is 0 Å². The van der Waals surface area contributed by atoms with Crippen molar-refractivity contribution >= 4 is 22.4 Å². The van der Waals surface area contributed by atoms with Gasteiger partial charge in [0.2, 0.25) is 0 Å². The van der Waals surface area contributed by atoms with Crippen molar-refractivity contribution in [1.82, 2.24) is 0 Å². The van der Waals surface area contributed by atoms with Gasteiger partial charge in [0.05, 0.1) is 5.02 Å². The minimum atomic E-state index is -0.313. The van der Waals surface area contributed by atoms with Crippen LogP contribution in [0.5, 0.6) is 0 Å². The van der Waals surface area contributed by atoms with Gasteiger partial charge in [-0.05, 0) is 84.2 Å². The smallest absolute Gasteiger partial charge is 0.142 e. The maximum Gasteiger partial charge on any atom is 0.142 e. The Morgan fingerprint density at radius 2 is 1.74 bits per heavy atom. The van der Waals surface area contributed by atoms with Crippen molar-refractivity contribution in [3.05, 3.63) is 46.7 Å². The van der Waals surface area contributed by atoms with Crippen LogP contribution in [-0.4, -0.2) is 0 Å². The second-order valence-electron chi connectivity index (χ2n) is 9.08. The Bertz CT molecular complexity index is 783. The van der Waals surface area contributed by atoms with Gasteiger partial charge < -0.3 is 0 Å². The Labute approximate surface area is 168 Å². The van der Waals surface area contributed by atoms with Crippen LogP contribution < -0.4 is 0 Å². The third-order valence-electron chi connectivity index (χ3n) is 7.31. The van der Waals surface area contributed by atoms with Gasteiger partial charge in [-0.1, -0.05) is 68.8 Å². The summed E-state index contributed by atoms with van der Waals surface area (Å²) in [6.07, 6.45) is 14.0. The molecule has 0 nitrogen and oxygen atoms in total. The van der Waals surface area contributed by atoms with E-state index in [4.69, 9.17) is 11.6 Å². The van der Waals surface area contributed by atoms with Crippen molar-refractivity contribution in [2.75, 3.05) is 0 Å². The van der Waals surface area contributed by atoms with Crippen molar-refractivity contribution in [3.63, 3.8) is 0 Å². The fourth-order valence-corrected chi connectivity index (χ4v) is 5.92. The normalized spacial score (nSPS) is 28.3. The predicted molar refractivity (Wildman–Crippen MR) is 114 cm³/mol. The number of hydrogen-bond donors (Lipinski definition) is 0. The highest BCUT2D eigenvalue weighted by Crippen LogP contribution is 2.48. The molecule has 27 heavy (non-hydrogen) atoms. The van der Waals surface area contributed by atoms with E-state index in [9.17, 15) is 4.39 Å². The highest BCUT2D eigenvalue weighted by atomic mass is 35.5. The number of halogens is 2. The standard InChI is InChI=1S/C25H32ClF/c1-2-3-4-5-17-6-7-19-13-20(9-8-18(19)12-17)21-10-11-22-15-24(26)25(27)16-23(22)14-21/h10-11,14-20H,2-9,12-13H2,1H3/t17-,18?,19-,20?/m1/s1. The third-order valence-corrected chi connectivity index (χ3v) is 7.60. The maximum atomic E-state index is 13.9. The van der Waals surface area contributed by atoms with E-state index in [1.165, 1.54) is 69.8 Å². The molecule has 2 aromatic rings. The summed E-state index contributed by atoms with van der Waals surface area (Å²) in [6, 6.07) is 9.90. The lowest BCUT2D eigenvalue weighted by molar-refractivity contribution is 0.113. The predicted octanol–water partition coefficient (Wildman–Crippen LogP) is 8.51. The second kappa shape index (κ2) is 8.52. The Morgan fingerprint density at radius 1 is 0.926 bits per heavy atom. The minimum absolute atomic E-state index is 0.214. The van der Waals surface area contributed by atoms with Gasteiger partial charge in [0.15, 0.2) is 0 Å². The first-order valence-electron chi connectivity index (χ1n) is 11.0. The molecule has 0 N–H and O–H groups in total. The number of rotatable bonds is 5. The van der Waals surface area contributed by atoms with Crippen LogP contribution in [0.4, 0.5) is 4.39 Å². The molecule has 2 aromatic carbocycles. The summed E-state index contributed by atoms with van der Waals surface area (Å²) in [5.41, 5.74) is 1.40. The van der Waals surface area contributed by atoms with E-state index in [2.05, 4.69) is 25.1 Å². The summed E-state index contributed by atoms with van der Waals surface area (Å²) in [6.45, 7) is 2.30. The molecule has 2 fully saturated rings. The quantitative estimate of drug-likeness (QED) is 0.451. The Morgan fingerprint density at radius 3 is 2.59 bits per heavy atom. The third kappa shape index (κ3) is 4.34. The van der Waals surface area contributed by atoms with Crippen LogP contribution in [0, 0.1) is 23.6 Å². The summed E-state index contributed by atoms with van der Waals surface area (Å²) in [5.74, 6) is 3.18. The van der Waals surface area contributed by atoms with Crippen molar-refractivity contribution in [1.29, 1.82) is 0 Å². The van der Waals surface area contributed by atoms with Crippen LogP contribution in [0.1, 0.15) is 82.6 Å². The van der Waals surface area contributed by atoms with Gasteiger partial charge in [-0.2, -0.15) is 0 Å². The number of fused-ring (bicyclic) bond motifs is 2. The lowest BCUT2D eigenvalue weighted by atomic mass is 9.63. The second-order valence-corrected chi connectivity index (χ2v) is 9.49. The fraction of sp³-hybridized carbons (Fsp3) is 0.600. The molecule has 2 heteroatoms. The monoisotopic (exact) mass is 386 g/mol. The Kier molecular flexibility index (Phi) is 6.07. The zero-order valence-corrected chi connectivity index (χ0v) is 17.3. The zero-order valence-electron chi connectivity index (χ0n) is 16.5. The maximum absolute atomic E-state index is 13.9. The van der Waals surface area contributed by atoms with Crippen molar-refractivity contribution in [3.8, 4) is 0 Å². The molecule has 0 aliphatic heterocycles. The first-order valence-corrected chi connectivity index (χ1v) is 11.4. The topological polar surface area (TPSA) is 0 Å². The number of unbranched alkanes of at least 4 members (excludes halogenated alkanes) is 2. The van der Waals surface area contributed by atoms with Crippen LogP contribution in [0.2, 0.25) is 5.02 Å². The minimum Gasteiger partial charge on any atom is -0.205 e. The zero-order chi connectivity index (χ0) is 18.8. The van der Waals surface area contributed by atoms with Gasteiger partial charge >= 0.3 is 0 Å². The van der Waals surface area contributed by atoms with Crippen LogP contribution in [0.25, 0.3) is 10.8 Å². The highest BCUT2D eigenvalue weighted by Gasteiger charge is 2.35. The average molecular weight is 387 g/mol. The Hall–Kier alpha value is -1.08. The molecular weight excluding hydrogens is 355 g/mol. The van der Waals surface area contributed by atoms with E-state index >= 15 is 0 Å². The van der Waals surface area contributed by atoms with Crippen molar-refractivity contribution in [2.24, 2.45) is 17.8 Å². The molecular formula is C25H32ClF. The van der Waals surface area contributed by atoms with E-state index in [-0.39, 0.29) is 10.8 Å². The molecule has 0 saturated heterocycles. The van der Waals surface area contributed by atoms with E-state index in [1.54, 1.807) is 12.1 Å². The first kappa shape index (κ1) is 19.2. The molecule has 0 radical (unpaired) electrons. The largest absolute Gasteiger partial charge is 0.205 e. The molecule has 0 heterocycles. The highest BCUT2D eigenvalue weighted by molar-refractivity contribution is 6.31. The van der Waals surface area contributed by atoms with Crippen LogP contribution in [0.3, 0.4) is 0 Å². The van der Waals surface area contributed by atoms with Gasteiger partial charge in [0.1, 0.15) is 5.82 Å². The number of benzene rings is 2. The summed E-state index contributed by atoms with van der Waals surface area (Å²) >= 11 is 5.93. The molecule has 2 saturated carbocycles. The van der Waals surface area contributed by atoms with Crippen LogP contribution in [0.15, 0.2) is 30.3 Å². The molecule has 0 bridgehead atoms. The van der Waals surface area contributed by atoms with Crippen LogP contribution in [-0.2, 0) is 0 Å². The molecule has 4 atom stereocenters. The lowest BCUT2D eigenvalue weighted by Gasteiger charge is -2.42. The molecule has 4 rings (SSSR count). The first-order chi connectivity index (χ1) is 13.1. The molecule has 0 amide bonds. The summed E-state index contributed by atoms with van der Waals surface area (Å²) < 4.78 is 13.9. The molecule has 2 unspecified atom stereocenters. The average Bonchev–Trinajstić information content (AvgIpc) is 2.68. The Balaban J connectivity index is 1.41.